The Morgan fingerprint density at radius 2 is 1.88 bits per heavy atom. The van der Waals surface area contributed by atoms with Gasteiger partial charge >= 0.3 is 0 Å². The van der Waals surface area contributed by atoms with Gasteiger partial charge in [-0.25, -0.2) is 9.97 Å². The lowest BCUT2D eigenvalue weighted by Gasteiger charge is -2.12. The summed E-state index contributed by atoms with van der Waals surface area (Å²) in [6.45, 7) is 0. The van der Waals surface area contributed by atoms with Gasteiger partial charge in [-0.1, -0.05) is 30.3 Å². The molecule has 2 aromatic heterocycles. The molecule has 0 radical (unpaired) electrons. The molecule has 1 amide bonds. The maximum absolute atomic E-state index is 12.1. The number of aryl methyl sites for hydroxylation is 2. The summed E-state index contributed by atoms with van der Waals surface area (Å²) in [5.74, 6) is 1.65. The second kappa shape index (κ2) is 7.12. The lowest BCUT2D eigenvalue weighted by atomic mass is 10.0. The van der Waals surface area contributed by atoms with Crippen LogP contribution in [0.3, 0.4) is 0 Å². The third kappa shape index (κ3) is 3.52. The Labute approximate surface area is 152 Å². The molecule has 4 rings (SSSR count). The number of pyridine rings is 2. The Morgan fingerprint density at radius 3 is 2.62 bits per heavy atom. The summed E-state index contributed by atoms with van der Waals surface area (Å²) in [5.41, 5.74) is 2.46. The molecule has 0 atom stereocenters. The number of carbonyl (C=O) groups is 1. The van der Waals surface area contributed by atoms with Crippen molar-refractivity contribution < 1.29 is 4.79 Å². The number of benzene rings is 1. The van der Waals surface area contributed by atoms with Gasteiger partial charge in [0.2, 0.25) is 5.91 Å². The second-order valence-corrected chi connectivity index (χ2v) is 6.75. The highest BCUT2D eigenvalue weighted by Gasteiger charge is 2.29. The van der Waals surface area contributed by atoms with Gasteiger partial charge in [-0.05, 0) is 48.3 Å². The molecule has 26 heavy (non-hydrogen) atoms. The van der Waals surface area contributed by atoms with E-state index in [1.54, 1.807) is 6.20 Å². The summed E-state index contributed by atoms with van der Waals surface area (Å²) in [6.07, 6.45) is 7.51. The van der Waals surface area contributed by atoms with Crippen LogP contribution >= 0.6 is 0 Å². The van der Waals surface area contributed by atoms with E-state index in [0.29, 0.717) is 5.82 Å². The third-order valence-electron chi connectivity index (χ3n) is 4.82. The Hall–Kier alpha value is -2.95. The van der Waals surface area contributed by atoms with E-state index in [2.05, 4.69) is 44.9 Å². The monoisotopic (exact) mass is 346 g/mol. The molecule has 3 aromatic rings. The van der Waals surface area contributed by atoms with E-state index in [-0.39, 0.29) is 11.8 Å². The van der Waals surface area contributed by atoms with Crippen LogP contribution in [0.5, 0.6) is 0 Å². The number of hydrogen-bond donors (Lipinski definition) is 2. The number of nitrogens with one attached hydrogen (secondary N) is 2. The molecule has 1 aliphatic rings. The fourth-order valence-corrected chi connectivity index (χ4v) is 3.16. The van der Waals surface area contributed by atoms with Gasteiger partial charge in [-0.3, -0.25) is 4.79 Å². The zero-order valence-electron chi connectivity index (χ0n) is 14.8. The first-order valence-electron chi connectivity index (χ1n) is 9.05. The van der Waals surface area contributed by atoms with Crippen molar-refractivity contribution in [2.45, 2.75) is 25.7 Å². The van der Waals surface area contributed by atoms with Crippen molar-refractivity contribution >= 4 is 28.3 Å². The summed E-state index contributed by atoms with van der Waals surface area (Å²) >= 11 is 0. The fourth-order valence-electron chi connectivity index (χ4n) is 3.16. The van der Waals surface area contributed by atoms with E-state index < -0.39 is 0 Å². The van der Waals surface area contributed by atoms with Crippen LogP contribution in [-0.4, -0.2) is 22.9 Å². The van der Waals surface area contributed by atoms with Crippen molar-refractivity contribution in [2.75, 3.05) is 17.7 Å². The lowest BCUT2D eigenvalue weighted by Crippen LogP contribution is -2.14. The average Bonchev–Trinajstić information content (AvgIpc) is 3.52. The fraction of sp³-hybridized carbons (Fsp3) is 0.286. The largest absolute Gasteiger partial charge is 0.373 e. The van der Waals surface area contributed by atoms with Crippen molar-refractivity contribution in [3.8, 4) is 0 Å². The first kappa shape index (κ1) is 16.5. The summed E-state index contributed by atoms with van der Waals surface area (Å²) in [6, 6.07) is 12.4. The van der Waals surface area contributed by atoms with E-state index in [4.69, 9.17) is 0 Å². The molecule has 1 saturated carbocycles. The van der Waals surface area contributed by atoms with Gasteiger partial charge in [-0.2, -0.15) is 0 Å². The molecular formula is C21H22N4O. The molecule has 0 saturated heterocycles. The number of amides is 1. The van der Waals surface area contributed by atoms with Crippen LogP contribution in [0.2, 0.25) is 0 Å². The third-order valence-corrected chi connectivity index (χ3v) is 4.82. The Morgan fingerprint density at radius 1 is 1.08 bits per heavy atom. The quantitative estimate of drug-likeness (QED) is 0.712. The van der Waals surface area contributed by atoms with Crippen LogP contribution in [0.25, 0.3) is 10.8 Å². The van der Waals surface area contributed by atoms with Gasteiger partial charge in [-0.15, -0.1) is 0 Å². The minimum absolute atomic E-state index is 0.0746. The second-order valence-electron chi connectivity index (χ2n) is 6.75. The van der Waals surface area contributed by atoms with Crippen molar-refractivity contribution in [3.63, 3.8) is 0 Å². The first-order valence-corrected chi connectivity index (χ1v) is 9.05. The van der Waals surface area contributed by atoms with E-state index in [9.17, 15) is 4.79 Å². The van der Waals surface area contributed by atoms with E-state index >= 15 is 0 Å². The van der Waals surface area contributed by atoms with Gasteiger partial charge < -0.3 is 10.6 Å². The van der Waals surface area contributed by atoms with Crippen LogP contribution in [0.4, 0.5) is 11.6 Å². The van der Waals surface area contributed by atoms with Gasteiger partial charge in [0.1, 0.15) is 11.6 Å². The lowest BCUT2D eigenvalue weighted by molar-refractivity contribution is -0.117. The highest BCUT2D eigenvalue weighted by Crippen LogP contribution is 2.31. The van der Waals surface area contributed by atoms with E-state index in [1.807, 2.05) is 25.4 Å². The summed E-state index contributed by atoms with van der Waals surface area (Å²) in [4.78, 5) is 21.0. The molecule has 132 valence electrons. The molecule has 5 nitrogen and oxygen atoms in total. The Bertz CT molecular complexity index is 935. The minimum atomic E-state index is 0.0746. The molecule has 2 N–H and O–H groups in total. The summed E-state index contributed by atoms with van der Waals surface area (Å²) < 4.78 is 0. The van der Waals surface area contributed by atoms with E-state index in [1.165, 1.54) is 5.56 Å². The smallest absolute Gasteiger partial charge is 0.228 e. The Kier molecular flexibility index (Phi) is 4.52. The number of carbonyl (C=O) groups excluding carboxylic acids is 1. The maximum Gasteiger partial charge on any atom is 0.228 e. The number of aromatic nitrogens is 2. The number of nitrogens with zero attached hydrogens (tertiary/aromatic N) is 2. The molecule has 0 spiro atoms. The first-order chi connectivity index (χ1) is 12.7. The zero-order valence-corrected chi connectivity index (χ0v) is 14.8. The maximum atomic E-state index is 12.1. The Balaban J connectivity index is 1.65. The average molecular weight is 346 g/mol. The van der Waals surface area contributed by atoms with Crippen LogP contribution in [0.15, 0.2) is 48.8 Å². The number of fused-ring (bicyclic) bond motifs is 1. The van der Waals surface area contributed by atoms with Gasteiger partial charge in [0, 0.05) is 30.7 Å². The van der Waals surface area contributed by atoms with Crippen LogP contribution in [-0.2, 0) is 17.6 Å². The molecule has 0 unspecified atom stereocenters. The predicted molar refractivity (Wildman–Crippen MR) is 104 cm³/mol. The number of anilines is 2. The number of rotatable bonds is 6. The molecule has 5 heteroatoms. The van der Waals surface area contributed by atoms with Crippen LogP contribution in [0.1, 0.15) is 24.0 Å². The topological polar surface area (TPSA) is 66.9 Å². The summed E-state index contributed by atoms with van der Waals surface area (Å²) in [7, 11) is 1.86. The van der Waals surface area contributed by atoms with Crippen molar-refractivity contribution in [2.24, 2.45) is 5.92 Å². The normalized spacial score (nSPS) is 13.6. The number of hydrogen-bond acceptors (Lipinski definition) is 4. The van der Waals surface area contributed by atoms with Crippen LogP contribution in [0, 0.1) is 5.92 Å². The molecule has 1 aromatic carbocycles. The van der Waals surface area contributed by atoms with Crippen molar-refractivity contribution in [1.82, 2.24) is 9.97 Å². The molecule has 2 heterocycles. The standard InChI is InChI=1S/C21H22N4O/c1-22-20-18-13-23-19(25-21(26)15-9-10-15)11-17(18)16(12-24-20)8-7-14-5-3-2-4-6-14/h2-6,11-13,15H,7-10H2,1H3,(H,22,24)(H,23,25,26). The van der Waals surface area contributed by atoms with Crippen molar-refractivity contribution in [3.05, 3.63) is 59.9 Å². The molecule has 1 aliphatic carbocycles. The predicted octanol–water partition coefficient (Wildman–Crippen LogP) is 3.81. The molecule has 1 fully saturated rings. The molecular weight excluding hydrogens is 324 g/mol. The molecule has 0 bridgehead atoms. The van der Waals surface area contributed by atoms with Crippen molar-refractivity contribution in [1.29, 1.82) is 0 Å². The van der Waals surface area contributed by atoms with Gasteiger partial charge in [0.25, 0.3) is 0 Å². The summed E-state index contributed by atoms with van der Waals surface area (Å²) in [5, 5.41) is 8.12. The highest BCUT2D eigenvalue weighted by molar-refractivity contribution is 5.98. The van der Waals surface area contributed by atoms with Crippen LogP contribution < -0.4 is 10.6 Å². The van der Waals surface area contributed by atoms with Gasteiger partial charge in [0.15, 0.2) is 0 Å². The van der Waals surface area contributed by atoms with Gasteiger partial charge in [0.05, 0.1) is 0 Å². The SMILES string of the molecule is CNc1ncc(CCc2ccccc2)c2cc(NC(=O)C3CC3)ncc12. The highest BCUT2D eigenvalue weighted by atomic mass is 16.2. The zero-order chi connectivity index (χ0) is 17.9. The minimum Gasteiger partial charge on any atom is -0.373 e. The van der Waals surface area contributed by atoms with E-state index in [0.717, 1.165) is 47.8 Å². The molecule has 0 aliphatic heterocycles.